The van der Waals surface area contributed by atoms with Gasteiger partial charge in [-0.05, 0) is 50.9 Å². The molecule has 26 heavy (non-hydrogen) atoms. The Morgan fingerprint density at radius 1 is 1.23 bits per heavy atom. The van der Waals surface area contributed by atoms with E-state index in [1.807, 2.05) is 18.2 Å². The molecule has 1 amide bonds. The summed E-state index contributed by atoms with van der Waals surface area (Å²) in [5, 5.41) is 3.00. The first-order valence-electron chi connectivity index (χ1n) is 9.41. The van der Waals surface area contributed by atoms with Crippen LogP contribution >= 0.6 is 0 Å². The number of hydrogen-bond donors (Lipinski definition) is 2. The summed E-state index contributed by atoms with van der Waals surface area (Å²) in [6.07, 6.45) is 3.10. The van der Waals surface area contributed by atoms with Gasteiger partial charge in [-0.3, -0.25) is 9.69 Å². The first kappa shape index (κ1) is 20.9. The molecular formula is C19H31N3O3S. The largest absolute Gasteiger partial charge is 0.351 e. The Bertz CT molecular complexity index is 704. The maximum Gasteiger partial charge on any atom is 0.237 e. The molecule has 0 spiro atoms. The number of piperidine rings is 1. The molecule has 1 saturated heterocycles. The highest BCUT2D eigenvalue weighted by Gasteiger charge is 2.27. The fraction of sp³-hybridized carbons (Fsp3) is 0.632. The van der Waals surface area contributed by atoms with Gasteiger partial charge in [-0.1, -0.05) is 37.6 Å². The Balaban J connectivity index is 2.02. The lowest BCUT2D eigenvalue weighted by atomic mass is 10.0. The number of sulfonamides is 1. The van der Waals surface area contributed by atoms with Crippen molar-refractivity contribution in [2.75, 3.05) is 13.1 Å². The molecule has 1 aliphatic rings. The fourth-order valence-electron chi connectivity index (χ4n) is 3.44. The number of nitrogens with one attached hydrogen (secondary N) is 2. The molecule has 1 unspecified atom stereocenters. The van der Waals surface area contributed by atoms with Crippen LogP contribution in [0.25, 0.3) is 0 Å². The molecule has 7 heteroatoms. The summed E-state index contributed by atoms with van der Waals surface area (Å²) < 4.78 is 27.1. The maximum atomic E-state index is 12.6. The van der Waals surface area contributed by atoms with Gasteiger partial charge in [0.05, 0.1) is 11.8 Å². The number of nitrogens with zero attached hydrogens (tertiary/aromatic N) is 1. The molecule has 0 bridgehead atoms. The van der Waals surface area contributed by atoms with Gasteiger partial charge in [0.1, 0.15) is 0 Å². The van der Waals surface area contributed by atoms with Crippen LogP contribution in [-0.2, 0) is 27.1 Å². The van der Waals surface area contributed by atoms with Gasteiger partial charge < -0.3 is 5.32 Å². The average Bonchev–Trinajstić information content (AvgIpc) is 2.59. The highest BCUT2D eigenvalue weighted by atomic mass is 32.2. The number of benzene rings is 1. The van der Waals surface area contributed by atoms with Gasteiger partial charge in [0, 0.05) is 12.6 Å². The predicted octanol–water partition coefficient (Wildman–Crippen LogP) is 2.00. The lowest BCUT2D eigenvalue weighted by Gasteiger charge is -2.33. The van der Waals surface area contributed by atoms with E-state index in [-0.39, 0.29) is 23.7 Å². The normalized spacial score (nSPS) is 18.8. The van der Waals surface area contributed by atoms with Crippen LogP contribution in [0, 0.1) is 0 Å². The quantitative estimate of drug-likeness (QED) is 0.722. The SMILES string of the molecule is CCN1CCCCC1C(=O)NCc1ccccc1CS(=O)(=O)NC(C)C. The zero-order valence-electron chi connectivity index (χ0n) is 16.0. The Morgan fingerprint density at radius 3 is 2.58 bits per heavy atom. The van der Waals surface area contributed by atoms with Crippen LogP contribution in [0.5, 0.6) is 0 Å². The first-order chi connectivity index (χ1) is 12.3. The zero-order chi connectivity index (χ0) is 19.2. The molecule has 0 radical (unpaired) electrons. The summed E-state index contributed by atoms with van der Waals surface area (Å²) in [5.74, 6) is -0.0497. The predicted molar refractivity (Wildman–Crippen MR) is 104 cm³/mol. The summed E-state index contributed by atoms with van der Waals surface area (Å²) in [5.41, 5.74) is 1.56. The van der Waals surface area contributed by atoms with Crippen molar-refractivity contribution >= 4 is 15.9 Å². The molecule has 2 N–H and O–H groups in total. The van der Waals surface area contributed by atoms with Crippen LogP contribution in [-0.4, -0.2) is 44.4 Å². The number of carbonyl (C=O) groups excluding carboxylic acids is 1. The molecular weight excluding hydrogens is 350 g/mol. The third-order valence-electron chi connectivity index (χ3n) is 4.65. The molecule has 1 heterocycles. The van der Waals surface area contributed by atoms with Gasteiger partial charge in [-0.25, -0.2) is 13.1 Å². The van der Waals surface area contributed by atoms with Crippen molar-refractivity contribution in [1.29, 1.82) is 0 Å². The highest BCUT2D eigenvalue weighted by molar-refractivity contribution is 7.88. The second-order valence-electron chi connectivity index (χ2n) is 7.16. The number of carbonyl (C=O) groups is 1. The van der Waals surface area contributed by atoms with Gasteiger partial charge in [-0.15, -0.1) is 0 Å². The summed E-state index contributed by atoms with van der Waals surface area (Å²) in [6.45, 7) is 7.85. The summed E-state index contributed by atoms with van der Waals surface area (Å²) in [7, 11) is -3.40. The van der Waals surface area contributed by atoms with Crippen LogP contribution in [0.1, 0.15) is 51.2 Å². The molecule has 146 valence electrons. The first-order valence-corrected chi connectivity index (χ1v) is 11.1. The molecule has 0 aromatic heterocycles. The van der Waals surface area contributed by atoms with Gasteiger partial charge in [0.15, 0.2) is 0 Å². The smallest absolute Gasteiger partial charge is 0.237 e. The molecule has 1 aromatic carbocycles. The number of likely N-dealkylation sites (tertiary alicyclic amines) is 1. The Morgan fingerprint density at radius 2 is 1.92 bits per heavy atom. The van der Waals surface area contributed by atoms with Gasteiger partial charge >= 0.3 is 0 Å². The van der Waals surface area contributed by atoms with Crippen molar-refractivity contribution in [2.45, 2.75) is 64.4 Å². The van der Waals surface area contributed by atoms with Crippen molar-refractivity contribution in [3.05, 3.63) is 35.4 Å². The van der Waals surface area contributed by atoms with Gasteiger partial charge in [0.2, 0.25) is 15.9 Å². The van der Waals surface area contributed by atoms with E-state index in [1.165, 1.54) is 0 Å². The molecule has 1 aliphatic heterocycles. The van der Waals surface area contributed by atoms with Crippen molar-refractivity contribution in [1.82, 2.24) is 14.9 Å². The van der Waals surface area contributed by atoms with Crippen molar-refractivity contribution in [3.8, 4) is 0 Å². The van der Waals surface area contributed by atoms with Crippen LogP contribution < -0.4 is 10.0 Å². The molecule has 1 fully saturated rings. The molecule has 1 atom stereocenters. The van der Waals surface area contributed by atoms with Crippen molar-refractivity contribution in [3.63, 3.8) is 0 Å². The molecule has 0 saturated carbocycles. The number of hydrogen-bond acceptors (Lipinski definition) is 4. The van der Waals surface area contributed by atoms with Crippen molar-refractivity contribution < 1.29 is 13.2 Å². The van der Waals surface area contributed by atoms with Gasteiger partial charge in [-0.2, -0.15) is 0 Å². The van der Waals surface area contributed by atoms with Crippen LogP contribution in [0.2, 0.25) is 0 Å². The molecule has 2 rings (SSSR count). The minimum atomic E-state index is -3.40. The lowest BCUT2D eigenvalue weighted by Crippen LogP contribution is -2.49. The van der Waals surface area contributed by atoms with Crippen LogP contribution in [0.3, 0.4) is 0 Å². The van der Waals surface area contributed by atoms with Crippen molar-refractivity contribution in [2.24, 2.45) is 0 Å². The highest BCUT2D eigenvalue weighted by Crippen LogP contribution is 2.17. The third-order valence-corrected chi connectivity index (χ3v) is 6.18. The monoisotopic (exact) mass is 381 g/mol. The fourth-order valence-corrected chi connectivity index (χ4v) is 4.94. The second-order valence-corrected chi connectivity index (χ2v) is 8.91. The van der Waals surface area contributed by atoms with Crippen LogP contribution in [0.15, 0.2) is 24.3 Å². The number of likely N-dealkylation sites (N-methyl/N-ethyl adjacent to an activating group) is 1. The van der Waals surface area contributed by atoms with E-state index >= 15 is 0 Å². The summed E-state index contributed by atoms with van der Waals surface area (Å²) in [4.78, 5) is 14.8. The average molecular weight is 382 g/mol. The molecule has 0 aliphatic carbocycles. The minimum Gasteiger partial charge on any atom is -0.351 e. The van der Waals surface area contributed by atoms with Gasteiger partial charge in [0.25, 0.3) is 0 Å². The van der Waals surface area contributed by atoms with Crippen LogP contribution in [0.4, 0.5) is 0 Å². The van der Waals surface area contributed by atoms with E-state index in [0.717, 1.165) is 43.5 Å². The second kappa shape index (κ2) is 9.48. The molecule has 6 nitrogen and oxygen atoms in total. The van der Waals surface area contributed by atoms with E-state index in [1.54, 1.807) is 19.9 Å². The van der Waals surface area contributed by atoms with E-state index < -0.39 is 10.0 Å². The Labute approximate surface area is 157 Å². The maximum absolute atomic E-state index is 12.6. The minimum absolute atomic E-state index is 0.0320. The number of amides is 1. The zero-order valence-corrected chi connectivity index (χ0v) is 16.8. The summed E-state index contributed by atoms with van der Waals surface area (Å²) in [6, 6.07) is 7.15. The Kier molecular flexibility index (Phi) is 7.61. The van der Waals surface area contributed by atoms with E-state index in [4.69, 9.17) is 0 Å². The van der Waals surface area contributed by atoms with E-state index in [9.17, 15) is 13.2 Å². The molecule has 1 aromatic rings. The standard InChI is InChI=1S/C19H31N3O3S/c1-4-22-12-8-7-11-18(22)19(23)20-13-16-9-5-6-10-17(16)14-26(24,25)21-15(2)3/h5-6,9-10,15,18,21H,4,7-8,11-14H2,1-3H3,(H,20,23). The number of rotatable bonds is 8. The van der Waals surface area contributed by atoms with E-state index in [2.05, 4.69) is 21.9 Å². The third kappa shape index (κ3) is 6.07. The Hall–Kier alpha value is -1.44. The lowest BCUT2D eigenvalue weighted by molar-refractivity contribution is -0.127. The summed E-state index contributed by atoms with van der Waals surface area (Å²) >= 11 is 0. The van der Waals surface area contributed by atoms with E-state index in [0.29, 0.717) is 6.54 Å². The topological polar surface area (TPSA) is 78.5 Å².